The molecule has 5 nitrogen and oxygen atoms in total. The lowest BCUT2D eigenvalue weighted by atomic mass is 10.2. The molecule has 1 aromatic heterocycles. The summed E-state index contributed by atoms with van der Waals surface area (Å²) in [7, 11) is 0. The molecule has 0 atom stereocenters. The highest BCUT2D eigenvalue weighted by Crippen LogP contribution is 2.15. The van der Waals surface area contributed by atoms with Crippen molar-refractivity contribution in [3.8, 4) is 5.75 Å². The third-order valence-corrected chi connectivity index (χ3v) is 2.65. The Bertz CT molecular complexity index is 511. The molecule has 0 fully saturated rings. The zero-order valence-corrected chi connectivity index (χ0v) is 11.3. The Balaban J connectivity index is 1.91. The topological polar surface area (TPSA) is 60.2 Å². The third kappa shape index (κ3) is 4.06. The minimum absolute atomic E-state index is 0.303. The molecule has 19 heavy (non-hydrogen) atoms. The van der Waals surface area contributed by atoms with Gasteiger partial charge >= 0.3 is 0 Å². The Kier molecular flexibility index (Phi) is 4.92. The van der Waals surface area contributed by atoms with Gasteiger partial charge in [-0.15, -0.1) is 10.2 Å². The molecule has 0 spiro atoms. The fourth-order valence-corrected chi connectivity index (χ4v) is 1.65. The van der Waals surface area contributed by atoms with Crippen LogP contribution in [0.5, 0.6) is 5.75 Å². The van der Waals surface area contributed by atoms with Crippen LogP contribution in [-0.2, 0) is 19.6 Å². The molecule has 0 amide bonds. The summed E-state index contributed by atoms with van der Waals surface area (Å²) in [6, 6.07) is 7.98. The molecule has 0 radical (unpaired) electrons. The number of nitrogens with zero attached hydrogens (tertiary/aromatic N) is 2. The smallest absolute Gasteiger partial charge is 0.253 e. The van der Waals surface area contributed by atoms with E-state index in [-0.39, 0.29) is 0 Å². The monoisotopic (exact) mass is 261 g/mol. The maximum absolute atomic E-state index is 5.65. The van der Waals surface area contributed by atoms with Crippen molar-refractivity contribution in [3.63, 3.8) is 0 Å². The van der Waals surface area contributed by atoms with Crippen molar-refractivity contribution in [2.24, 2.45) is 0 Å². The van der Waals surface area contributed by atoms with Gasteiger partial charge in [0.05, 0.1) is 0 Å². The molecule has 0 aliphatic rings. The van der Waals surface area contributed by atoms with Crippen molar-refractivity contribution in [2.45, 2.75) is 33.4 Å². The highest BCUT2D eigenvalue weighted by atomic mass is 16.5. The van der Waals surface area contributed by atoms with Crippen LogP contribution in [0.1, 0.15) is 31.2 Å². The van der Waals surface area contributed by atoms with E-state index in [9.17, 15) is 0 Å². The lowest BCUT2D eigenvalue weighted by molar-refractivity contribution is 0.259. The molecule has 1 N–H and O–H groups in total. The van der Waals surface area contributed by atoms with E-state index in [1.807, 2.05) is 25.1 Å². The fourth-order valence-electron chi connectivity index (χ4n) is 1.65. The number of hydrogen-bond acceptors (Lipinski definition) is 5. The third-order valence-electron chi connectivity index (χ3n) is 2.65. The summed E-state index contributed by atoms with van der Waals surface area (Å²) < 4.78 is 11.0. The van der Waals surface area contributed by atoms with Gasteiger partial charge in [-0.25, -0.2) is 0 Å². The van der Waals surface area contributed by atoms with Gasteiger partial charge in [0.15, 0.2) is 6.61 Å². The van der Waals surface area contributed by atoms with Crippen LogP contribution in [0.2, 0.25) is 0 Å². The molecule has 102 valence electrons. The second kappa shape index (κ2) is 6.89. The van der Waals surface area contributed by atoms with Crippen LogP contribution < -0.4 is 10.1 Å². The van der Waals surface area contributed by atoms with E-state index >= 15 is 0 Å². The number of nitrogens with one attached hydrogen (secondary N) is 1. The summed E-state index contributed by atoms with van der Waals surface area (Å²) in [4.78, 5) is 0. The molecule has 0 aliphatic carbocycles. The predicted octanol–water partition coefficient (Wildman–Crippen LogP) is 2.32. The molecule has 0 unspecified atom stereocenters. The molecular formula is C14H19N3O2. The van der Waals surface area contributed by atoms with Crippen LogP contribution in [-0.4, -0.2) is 16.7 Å². The summed E-state index contributed by atoms with van der Waals surface area (Å²) >= 11 is 0. The van der Waals surface area contributed by atoms with Crippen molar-refractivity contribution in [3.05, 3.63) is 41.6 Å². The number of benzene rings is 1. The largest absolute Gasteiger partial charge is 0.484 e. The normalized spacial score (nSPS) is 10.6. The van der Waals surface area contributed by atoms with Crippen LogP contribution in [0, 0.1) is 0 Å². The quantitative estimate of drug-likeness (QED) is 0.828. The summed E-state index contributed by atoms with van der Waals surface area (Å²) in [5.41, 5.74) is 1.19. The van der Waals surface area contributed by atoms with Gasteiger partial charge < -0.3 is 14.5 Å². The lowest BCUT2D eigenvalue weighted by Crippen LogP contribution is -2.11. The number of aryl methyl sites for hydroxylation is 1. The summed E-state index contributed by atoms with van der Waals surface area (Å²) in [5.74, 6) is 1.96. The minimum atomic E-state index is 0.303. The van der Waals surface area contributed by atoms with Crippen LogP contribution in [0.25, 0.3) is 0 Å². The van der Waals surface area contributed by atoms with Crippen LogP contribution >= 0.6 is 0 Å². The first kappa shape index (κ1) is 13.5. The van der Waals surface area contributed by atoms with Crippen molar-refractivity contribution < 1.29 is 9.15 Å². The second-order valence-electron chi connectivity index (χ2n) is 4.16. The molecule has 5 heteroatoms. The Labute approximate surface area is 113 Å². The number of ether oxygens (including phenoxy) is 1. The fraction of sp³-hybridized carbons (Fsp3) is 0.429. The Morgan fingerprint density at radius 2 is 2.05 bits per heavy atom. The first-order valence-electron chi connectivity index (χ1n) is 6.55. The molecule has 1 aromatic carbocycles. The lowest BCUT2D eigenvalue weighted by Gasteiger charge is -2.06. The number of aromatic nitrogens is 2. The van der Waals surface area contributed by atoms with Crippen molar-refractivity contribution in [1.82, 2.24) is 15.5 Å². The van der Waals surface area contributed by atoms with Gasteiger partial charge in [-0.2, -0.15) is 0 Å². The van der Waals surface area contributed by atoms with E-state index in [4.69, 9.17) is 9.15 Å². The maximum Gasteiger partial charge on any atom is 0.253 e. The molecule has 0 bridgehead atoms. The van der Waals surface area contributed by atoms with Gasteiger partial charge in [0.1, 0.15) is 5.75 Å². The van der Waals surface area contributed by atoms with E-state index in [0.29, 0.717) is 18.4 Å². The Morgan fingerprint density at radius 3 is 2.79 bits per heavy atom. The van der Waals surface area contributed by atoms with Gasteiger partial charge in [0.2, 0.25) is 5.89 Å². The van der Waals surface area contributed by atoms with Crippen LogP contribution in [0.3, 0.4) is 0 Å². The highest BCUT2D eigenvalue weighted by molar-refractivity contribution is 5.28. The predicted molar refractivity (Wildman–Crippen MR) is 71.8 cm³/mol. The maximum atomic E-state index is 5.65. The van der Waals surface area contributed by atoms with E-state index in [0.717, 1.165) is 25.3 Å². The van der Waals surface area contributed by atoms with E-state index in [1.54, 1.807) is 0 Å². The van der Waals surface area contributed by atoms with E-state index in [2.05, 4.69) is 28.5 Å². The molecule has 0 saturated carbocycles. The minimum Gasteiger partial charge on any atom is -0.484 e. The SMILES string of the molecule is CCNCc1cccc(OCc2nnc(CC)o2)c1. The van der Waals surface area contributed by atoms with Gasteiger partial charge in [-0.3, -0.25) is 0 Å². The van der Waals surface area contributed by atoms with Gasteiger partial charge in [0, 0.05) is 13.0 Å². The molecule has 2 aromatic rings. The van der Waals surface area contributed by atoms with Crippen molar-refractivity contribution >= 4 is 0 Å². The molecule has 0 aliphatic heterocycles. The molecular weight excluding hydrogens is 242 g/mol. The molecule has 0 saturated heterocycles. The van der Waals surface area contributed by atoms with Gasteiger partial charge in [0.25, 0.3) is 5.89 Å². The van der Waals surface area contributed by atoms with Crippen molar-refractivity contribution in [2.75, 3.05) is 6.54 Å². The first-order chi connectivity index (χ1) is 9.31. The number of rotatable bonds is 7. The summed E-state index contributed by atoms with van der Waals surface area (Å²) in [6.07, 6.45) is 0.741. The summed E-state index contributed by atoms with van der Waals surface area (Å²) in [6.45, 7) is 6.16. The zero-order valence-electron chi connectivity index (χ0n) is 11.3. The van der Waals surface area contributed by atoms with Gasteiger partial charge in [-0.1, -0.05) is 26.0 Å². The molecule has 1 heterocycles. The Morgan fingerprint density at radius 1 is 1.21 bits per heavy atom. The second-order valence-corrected chi connectivity index (χ2v) is 4.16. The average Bonchev–Trinajstić information content (AvgIpc) is 2.91. The van der Waals surface area contributed by atoms with Crippen LogP contribution in [0.15, 0.2) is 28.7 Å². The standard InChI is InChI=1S/C14H19N3O2/c1-3-13-16-17-14(19-13)10-18-12-7-5-6-11(8-12)9-15-4-2/h5-8,15H,3-4,9-10H2,1-2H3. The van der Waals surface area contributed by atoms with E-state index in [1.165, 1.54) is 5.56 Å². The average molecular weight is 261 g/mol. The highest BCUT2D eigenvalue weighted by Gasteiger charge is 2.05. The Hall–Kier alpha value is -1.88. The molecule has 2 rings (SSSR count). The number of hydrogen-bond donors (Lipinski definition) is 1. The summed E-state index contributed by atoms with van der Waals surface area (Å²) in [5, 5.41) is 11.1. The first-order valence-corrected chi connectivity index (χ1v) is 6.55. The van der Waals surface area contributed by atoms with E-state index < -0.39 is 0 Å². The van der Waals surface area contributed by atoms with Gasteiger partial charge in [-0.05, 0) is 24.2 Å². The van der Waals surface area contributed by atoms with Crippen molar-refractivity contribution in [1.29, 1.82) is 0 Å². The van der Waals surface area contributed by atoms with Crippen LogP contribution in [0.4, 0.5) is 0 Å². The zero-order chi connectivity index (χ0) is 13.5.